The van der Waals surface area contributed by atoms with Crippen molar-refractivity contribution >= 4 is 17.6 Å². The summed E-state index contributed by atoms with van der Waals surface area (Å²) in [6.07, 6.45) is -0.221. The topological polar surface area (TPSA) is 84.6 Å². The Morgan fingerprint density at radius 3 is 2.79 bits per heavy atom. The van der Waals surface area contributed by atoms with E-state index < -0.39 is 0 Å². The first-order chi connectivity index (χ1) is 13.3. The van der Waals surface area contributed by atoms with Gasteiger partial charge in [-0.25, -0.2) is 4.39 Å². The van der Waals surface area contributed by atoms with Crippen LogP contribution in [0.5, 0.6) is 0 Å². The highest BCUT2D eigenvalue weighted by molar-refractivity contribution is 6.31. The second-order valence-corrected chi connectivity index (χ2v) is 7.34. The molecule has 2 rings (SSSR count). The van der Waals surface area contributed by atoms with Gasteiger partial charge in [-0.3, -0.25) is 4.99 Å². The van der Waals surface area contributed by atoms with Crippen molar-refractivity contribution < 1.29 is 13.7 Å². The number of nitrogens with zero attached hydrogens (tertiary/aromatic N) is 3. The number of nitrogens with one attached hydrogen (secondary N) is 2. The third kappa shape index (κ3) is 5.90. The number of halogens is 2. The molecule has 0 bridgehead atoms. The lowest BCUT2D eigenvalue weighted by atomic mass is 9.84. The molecule has 0 saturated heterocycles. The number of rotatable bonds is 8. The van der Waals surface area contributed by atoms with Crippen LogP contribution in [0.4, 0.5) is 4.39 Å². The summed E-state index contributed by atoms with van der Waals surface area (Å²) >= 11 is 6.20. The molecule has 0 amide bonds. The predicted octanol–water partition coefficient (Wildman–Crippen LogP) is 3.60. The van der Waals surface area contributed by atoms with Crippen LogP contribution in [0.3, 0.4) is 0 Å². The van der Waals surface area contributed by atoms with Crippen molar-refractivity contribution in [2.24, 2.45) is 4.99 Å². The molecule has 154 valence electrons. The summed E-state index contributed by atoms with van der Waals surface area (Å²) in [5, 5.41) is 10.7. The van der Waals surface area contributed by atoms with Crippen molar-refractivity contribution in [3.8, 4) is 0 Å². The maximum atomic E-state index is 13.3. The van der Waals surface area contributed by atoms with E-state index in [9.17, 15) is 4.39 Å². The zero-order valence-corrected chi connectivity index (χ0v) is 17.6. The molecular weight excluding hydrogens is 385 g/mol. The van der Waals surface area contributed by atoms with E-state index in [1.165, 1.54) is 12.1 Å². The molecule has 1 aromatic heterocycles. The molecule has 0 aliphatic carbocycles. The second-order valence-electron chi connectivity index (χ2n) is 6.93. The molecule has 7 nitrogen and oxygen atoms in total. The summed E-state index contributed by atoms with van der Waals surface area (Å²) in [5.74, 6) is 1.16. The van der Waals surface area contributed by atoms with Gasteiger partial charge >= 0.3 is 0 Å². The SMILES string of the molecule is CCOC(C)c1noc(CNC(=NC)NCC(C)(C)c2ccc(F)cc2Cl)n1. The summed E-state index contributed by atoms with van der Waals surface area (Å²) in [6, 6.07) is 4.43. The van der Waals surface area contributed by atoms with E-state index in [2.05, 4.69) is 25.8 Å². The molecule has 2 aromatic rings. The molecule has 0 spiro atoms. The van der Waals surface area contributed by atoms with Crippen LogP contribution in [0.1, 0.15) is 51.1 Å². The van der Waals surface area contributed by atoms with E-state index in [0.717, 1.165) is 5.56 Å². The summed E-state index contributed by atoms with van der Waals surface area (Å²) in [7, 11) is 1.67. The zero-order chi connectivity index (χ0) is 20.7. The van der Waals surface area contributed by atoms with Gasteiger partial charge in [-0.15, -0.1) is 0 Å². The Bertz CT molecular complexity index is 809. The van der Waals surface area contributed by atoms with E-state index in [4.69, 9.17) is 20.9 Å². The van der Waals surface area contributed by atoms with E-state index in [0.29, 0.717) is 42.4 Å². The van der Waals surface area contributed by atoms with E-state index in [1.807, 2.05) is 27.7 Å². The second kappa shape index (κ2) is 9.84. The average molecular weight is 412 g/mol. The number of hydrogen-bond donors (Lipinski definition) is 2. The summed E-state index contributed by atoms with van der Waals surface area (Å²) in [4.78, 5) is 8.50. The minimum absolute atomic E-state index is 0.221. The normalized spacial score (nSPS) is 13.5. The van der Waals surface area contributed by atoms with Gasteiger partial charge in [0.05, 0.1) is 6.54 Å². The molecule has 9 heteroatoms. The Labute approximate surface area is 169 Å². The van der Waals surface area contributed by atoms with Gasteiger partial charge in [0.15, 0.2) is 11.8 Å². The number of ether oxygens (including phenoxy) is 1. The van der Waals surface area contributed by atoms with Crippen molar-refractivity contribution in [2.75, 3.05) is 20.2 Å². The summed E-state index contributed by atoms with van der Waals surface area (Å²) in [6.45, 7) is 9.26. The standard InChI is InChI=1S/C19H27ClFN5O2/c1-6-27-12(2)17-25-16(28-26-17)10-23-18(22-5)24-11-19(3,4)14-8-7-13(21)9-15(14)20/h7-9,12H,6,10-11H2,1-5H3,(H2,22,23,24). The van der Waals surface area contributed by atoms with Crippen LogP contribution >= 0.6 is 11.6 Å². The van der Waals surface area contributed by atoms with E-state index in [1.54, 1.807) is 13.1 Å². The summed E-state index contributed by atoms with van der Waals surface area (Å²) in [5.41, 5.74) is 0.512. The highest BCUT2D eigenvalue weighted by Gasteiger charge is 2.24. The van der Waals surface area contributed by atoms with Crippen LogP contribution < -0.4 is 10.6 Å². The van der Waals surface area contributed by atoms with E-state index in [-0.39, 0.29) is 17.3 Å². The number of aliphatic imine (C=N–C) groups is 1. The molecule has 0 saturated carbocycles. The predicted molar refractivity (Wildman–Crippen MR) is 107 cm³/mol. The van der Waals surface area contributed by atoms with Gasteiger partial charge in [0, 0.05) is 30.6 Å². The van der Waals surface area contributed by atoms with Crippen molar-refractivity contribution in [1.82, 2.24) is 20.8 Å². The Kier molecular flexibility index (Phi) is 7.77. The fraction of sp³-hybridized carbons (Fsp3) is 0.526. The average Bonchev–Trinajstić information content (AvgIpc) is 3.11. The first kappa shape index (κ1) is 22.1. The number of benzene rings is 1. The van der Waals surface area contributed by atoms with Crippen LogP contribution in [0.2, 0.25) is 5.02 Å². The van der Waals surface area contributed by atoms with Crippen LogP contribution in [0, 0.1) is 5.82 Å². The number of guanidine groups is 1. The smallest absolute Gasteiger partial charge is 0.246 e. The molecule has 1 aromatic carbocycles. The fourth-order valence-corrected chi connectivity index (χ4v) is 3.07. The maximum Gasteiger partial charge on any atom is 0.246 e. The van der Waals surface area contributed by atoms with Crippen molar-refractivity contribution in [1.29, 1.82) is 0 Å². The molecule has 0 aliphatic rings. The maximum absolute atomic E-state index is 13.3. The van der Waals surface area contributed by atoms with Crippen LogP contribution in [-0.2, 0) is 16.7 Å². The fourth-order valence-electron chi connectivity index (χ4n) is 2.65. The Morgan fingerprint density at radius 2 is 2.14 bits per heavy atom. The summed E-state index contributed by atoms with van der Waals surface area (Å²) < 4.78 is 24.0. The molecule has 28 heavy (non-hydrogen) atoms. The highest BCUT2D eigenvalue weighted by atomic mass is 35.5. The first-order valence-corrected chi connectivity index (χ1v) is 9.48. The Balaban J connectivity index is 1.92. The monoisotopic (exact) mass is 411 g/mol. The molecule has 0 fully saturated rings. The van der Waals surface area contributed by atoms with E-state index >= 15 is 0 Å². The Morgan fingerprint density at radius 1 is 1.39 bits per heavy atom. The molecule has 1 unspecified atom stereocenters. The van der Waals surface area contributed by atoms with Gasteiger partial charge in [-0.05, 0) is 31.5 Å². The van der Waals surface area contributed by atoms with Gasteiger partial charge < -0.3 is 19.9 Å². The van der Waals surface area contributed by atoms with Gasteiger partial charge in [0.2, 0.25) is 5.89 Å². The van der Waals surface area contributed by atoms with Crippen LogP contribution in [0.15, 0.2) is 27.7 Å². The Hall–Kier alpha value is -2.19. The lowest BCUT2D eigenvalue weighted by Gasteiger charge is -2.27. The lowest BCUT2D eigenvalue weighted by Crippen LogP contribution is -2.43. The number of hydrogen-bond acceptors (Lipinski definition) is 5. The molecule has 0 radical (unpaired) electrons. The van der Waals surface area contributed by atoms with Gasteiger partial charge in [-0.2, -0.15) is 4.98 Å². The van der Waals surface area contributed by atoms with Gasteiger partial charge in [-0.1, -0.05) is 36.7 Å². The molecule has 0 aliphatic heterocycles. The van der Waals surface area contributed by atoms with Crippen molar-refractivity contribution in [2.45, 2.75) is 45.8 Å². The van der Waals surface area contributed by atoms with Gasteiger partial charge in [0.25, 0.3) is 0 Å². The quantitative estimate of drug-likeness (QED) is 0.510. The zero-order valence-electron chi connectivity index (χ0n) is 16.8. The molecule has 2 N–H and O–H groups in total. The minimum atomic E-state index is -0.354. The number of aromatic nitrogens is 2. The van der Waals surface area contributed by atoms with Crippen molar-refractivity contribution in [3.05, 3.63) is 46.3 Å². The first-order valence-electron chi connectivity index (χ1n) is 9.11. The highest BCUT2D eigenvalue weighted by Crippen LogP contribution is 2.29. The minimum Gasteiger partial charge on any atom is -0.371 e. The largest absolute Gasteiger partial charge is 0.371 e. The van der Waals surface area contributed by atoms with Crippen LogP contribution in [0.25, 0.3) is 0 Å². The molecule has 1 heterocycles. The third-order valence-corrected chi connectivity index (χ3v) is 4.57. The molecular formula is C19H27ClFN5O2. The molecule has 1 atom stereocenters. The van der Waals surface area contributed by atoms with Crippen molar-refractivity contribution in [3.63, 3.8) is 0 Å². The van der Waals surface area contributed by atoms with Gasteiger partial charge in [0.1, 0.15) is 11.9 Å². The lowest BCUT2D eigenvalue weighted by molar-refractivity contribution is 0.0683. The van der Waals surface area contributed by atoms with Crippen LogP contribution in [-0.4, -0.2) is 36.3 Å². The third-order valence-electron chi connectivity index (χ3n) is 4.25.